The summed E-state index contributed by atoms with van der Waals surface area (Å²) in [6, 6.07) is 5.11. The second-order valence-corrected chi connectivity index (χ2v) is 11.0. The highest BCUT2D eigenvalue weighted by atomic mass is 32.2. The summed E-state index contributed by atoms with van der Waals surface area (Å²) in [6.45, 7) is 7.20. The van der Waals surface area contributed by atoms with E-state index in [0.717, 1.165) is 48.6 Å². The zero-order valence-electron chi connectivity index (χ0n) is 20.3. The molecule has 1 amide bonds. The van der Waals surface area contributed by atoms with Crippen LogP contribution in [0.15, 0.2) is 23.1 Å². The van der Waals surface area contributed by atoms with Gasteiger partial charge in [0.1, 0.15) is 0 Å². The smallest absolute Gasteiger partial charge is 0.243 e. The molecule has 1 N–H and O–H groups in total. The van der Waals surface area contributed by atoms with Crippen molar-refractivity contribution in [2.24, 2.45) is 7.05 Å². The molecule has 0 spiro atoms. The van der Waals surface area contributed by atoms with Crippen molar-refractivity contribution in [1.82, 2.24) is 14.1 Å². The first-order valence-corrected chi connectivity index (χ1v) is 13.5. The molecule has 2 aromatic rings. The number of hydrogen-bond acceptors (Lipinski definition) is 6. The zero-order valence-corrected chi connectivity index (χ0v) is 21.2. The van der Waals surface area contributed by atoms with Crippen LogP contribution in [0.25, 0.3) is 0 Å². The number of nitrogens with zero attached hydrogens (tertiary/aromatic N) is 4. The Morgan fingerprint density at radius 3 is 2.44 bits per heavy atom. The van der Waals surface area contributed by atoms with Gasteiger partial charge in [0.05, 0.1) is 35.2 Å². The molecule has 0 radical (unpaired) electrons. The third-order valence-electron chi connectivity index (χ3n) is 6.81. The van der Waals surface area contributed by atoms with E-state index in [9.17, 15) is 13.2 Å². The molecule has 2 aliphatic heterocycles. The van der Waals surface area contributed by atoms with E-state index in [4.69, 9.17) is 4.74 Å². The maximum absolute atomic E-state index is 13.2. The second-order valence-electron chi connectivity index (χ2n) is 9.06. The highest BCUT2D eigenvalue weighted by molar-refractivity contribution is 7.89. The molecule has 4 rings (SSSR count). The minimum Gasteiger partial charge on any atom is -0.379 e. The summed E-state index contributed by atoms with van der Waals surface area (Å²) >= 11 is 0. The average molecular weight is 490 g/mol. The van der Waals surface area contributed by atoms with Crippen LogP contribution in [-0.4, -0.2) is 67.8 Å². The van der Waals surface area contributed by atoms with E-state index < -0.39 is 10.0 Å². The lowest BCUT2D eigenvalue weighted by Gasteiger charge is -2.31. The van der Waals surface area contributed by atoms with Gasteiger partial charge in [-0.25, -0.2) is 8.42 Å². The van der Waals surface area contributed by atoms with Crippen LogP contribution in [-0.2, 0) is 33.0 Å². The van der Waals surface area contributed by atoms with Gasteiger partial charge < -0.3 is 15.0 Å². The molecule has 1 aromatic heterocycles. The van der Waals surface area contributed by atoms with Crippen molar-refractivity contribution in [3.05, 3.63) is 35.2 Å². The second kappa shape index (κ2) is 10.5. The zero-order chi connectivity index (χ0) is 24.3. The lowest BCUT2D eigenvalue weighted by Crippen LogP contribution is -2.40. The normalized spacial score (nSPS) is 17.7. The van der Waals surface area contributed by atoms with Crippen LogP contribution in [0.2, 0.25) is 0 Å². The molecule has 0 bridgehead atoms. The van der Waals surface area contributed by atoms with Gasteiger partial charge in [0.2, 0.25) is 15.9 Å². The van der Waals surface area contributed by atoms with E-state index in [1.807, 2.05) is 31.6 Å². The van der Waals surface area contributed by atoms with Crippen molar-refractivity contribution in [2.75, 3.05) is 49.6 Å². The van der Waals surface area contributed by atoms with Gasteiger partial charge in [0.25, 0.3) is 0 Å². The number of piperidine rings is 1. The van der Waals surface area contributed by atoms with Crippen molar-refractivity contribution in [1.29, 1.82) is 0 Å². The van der Waals surface area contributed by atoms with Gasteiger partial charge in [-0.1, -0.05) is 0 Å². The molecule has 0 unspecified atom stereocenters. The first-order chi connectivity index (χ1) is 16.3. The predicted octanol–water partition coefficient (Wildman–Crippen LogP) is 2.62. The van der Waals surface area contributed by atoms with Crippen molar-refractivity contribution in [2.45, 2.75) is 50.8 Å². The summed E-state index contributed by atoms with van der Waals surface area (Å²) in [5, 5.41) is 7.45. The third-order valence-corrected chi connectivity index (χ3v) is 8.70. The lowest BCUT2D eigenvalue weighted by molar-refractivity contribution is -0.116. The predicted molar refractivity (Wildman–Crippen MR) is 132 cm³/mol. The van der Waals surface area contributed by atoms with Gasteiger partial charge in [-0.05, 0) is 63.3 Å². The van der Waals surface area contributed by atoms with Crippen molar-refractivity contribution < 1.29 is 17.9 Å². The molecule has 0 saturated carbocycles. The van der Waals surface area contributed by atoms with Gasteiger partial charge in [0, 0.05) is 45.3 Å². The Morgan fingerprint density at radius 2 is 1.79 bits per heavy atom. The molecule has 1 aromatic carbocycles. The Kier molecular flexibility index (Phi) is 7.59. The summed E-state index contributed by atoms with van der Waals surface area (Å²) in [7, 11) is -1.76. The number of nitrogens with one attached hydrogen (secondary N) is 1. The number of ether oxygens (including phenoxy) is 1. The average Bonchev–Trinajstić information content (AvgIpc) is 3.09. The fourth-order valence-electron chi connectivity index (χ4n) is 4.75. The van der Waals surface area contributed by atoms with Gasteiger partial charge in [-0.3, -0.25) is 9.48 Å². The number of morpholine rings is 1. The molecule has 34 heavy (non-hydrogen) atoms. The Labute approximate surface area is 202 Å². The largest absolute Gasteiger partial charge is 0.379 e. The minimum atomic E-state index is -3.66. The molecule has 0 aliphatic carbocycles. The number of sulfonamides is 1. The van der Waals surface area contributed by atoms with E-state index in [-0.39, 0.29) is 10.8 Å². The number of carbonyl (C=O) groups excluding carboxylic acids is 1. The number of aromatic nitrogens is 2. The van der Waals surface area contributed by atoms with Crippen molar-refractivity contribution >= 4 is 27.3 Å². The van der Waals surface area contributed by atoms with E-state index in [1.54, 1.807) is 12.1 Å². The van der Waals surface area contributed by atoms with Gasteiger partial charge in [0.15, 0.2) is 0 Å². The fraction of sp³-hybridized carbons (Fsp3) is 0.583. The fourth-order valence-corrected chi connectivity index (χ4v) is 6.19. The minimum absolute atomic E-state index is 0.137. The van der Waals surface area contributed by atoms with Gasteiger partial charge in [-0.15, -0.1) is 0 Å². The standard InChI is InChI=1S/C24H35N5O4S/c1-18-21(19(2)27(3)26-18)8-10-24(30)25-22-17-20(34(31,32)29-13-15-33-16-14-29)7-9-23(22)28-11-5-4-6-12-28/h7,9,17H,4-6,8,10-16H2,1-3H3,(H,25,30). The molecule has 186 valence electrons. The van der Waals surface area contributed by atoms with Crippen LogP contribution >= 0.6 is 0 Å². The van der Waals surface area contributed by atoms with Gasteiger partial charge in [-0.2, -0.15) is 9.40 Å². The van der Waals surface area contributed by atoms with Crippen LogP contribution in [0.3, 0.4) is 0 Å². The summed E-state index contributed by atoms with van der Waals surface area (Å²) < 4.78 is 35.1. The number of rotatable bonds is 7. The molecule has 9 nitrogen and oxygen atoms in total. The molecule has 2 aliphatic rings. The molecule has 2 saturated heterocycles. The molecule has 10 heteroatoms. The highest BCUT2D eigenvalue weighted by Crippen LogP contribution is 2.32. The number of carbonyl (C=O) groups is 1. The van der Waals surface area contributed by atoms with Crippen LogP contribution in [0.5, 0.6) is 0 Å². The van der Waals surface area contributed by atoms with E-state index in [2.05, 4.69) is 15.3 Å². The highest BCUT2D eigenvalue weighted by Gasteiger charge is 2.28. The number of anilines is 2. The number of amides is 1. The van der Waals surface area contributed by atoms with Crippen LogP contribution in [0.1, 0.15) is 42.6 Å². The monoisotopic (exact) mass is 489 g/mol. The summed E-state index contributed by atoms with van der Waals surface area (Å²) in [4.78, 5) is 15.4. The summed E-state index contributed by atoms with van der Waals surface area (Å²) in [5.74, 6) is -0.137. The lowest BCUT2D eigenvalue weighted by atomic mass is 10.1. The SMILES string of the molecule is Cc1nn(C)c(C)c1CCC(=O)Nc1cc(S(=O)(=O)N2CCOCC2)ccc1N1CCCCC1. The van der Waals surface area contributed by atoms with Crippen molar-refractivity contribution in [3.8, 4) is 0 Å². The maximum Gasteiger partial charge on any atom is 0.243 e. The first-order valence-electron chi connectivity index (χ1n) is 12.0. The molecular formula is C24H35N5O4S. The van der Waals surface area contributed by atoms with E-state index in [1.165, 1.54) is 10.7 Å². The van der Waals surface area contributed by atoms with Crippen LogP contribution in [0, 0.1) is 13.8 Å². The molecule has 0 atom stereocenters. The van der Waals surface area contributed by atoms with Gasteiger partial charge >= 0.3 is 0 Å². The van der Waals surface area contributed by atoms with Crippen LogP contribution in [0.4, 0.5) is 11.4 Å². The number of benzene rings is 1. The first kappa shape index (κ1) is 24.7. The Balaban J connectivity index is 1.57. The Morgan fingerprint density at radius 1 is 1.09 bits per heavy atom. The third kappa shape index (κ3) is 5.29. The summed E-state index contributed by atoms with van der Waals surface area (Å²) in [6.07, 6.45) is 4.24. The molecule has 3 heterocycles. The van der Waals surface area contributed by atoms with Crippen LogP contribution < -0.4 is 10.2 Å². The topological polar surface area (TPSA) is 96.8 Å². The summed E-state index contributed by atoms with van der Waals surface area (Å²) in [5.41, 5.74) is 4.50. The Bertz CT molecular complexity index is 1130. The molecule has 2 fully saturated rings. The Hall–Kier alpha value is -2.43. The number of hydrogen-bond donors (Lipinski definition) is 1. The van der Waals surface area contributed by atoms with E-state index in [0.29, 0.717) is 44.8 Å². The van der Waals surface area contributed by atoms with Crippen molar-refractivity contribution in [3.63, 3.8) is 0 Å². The maximum atomic E-state index is 13.2. The quantitative estimate of drug-likeness (QED) is 0.642. The number of aryl methyl sites for hydroxylation is 2. The molecular weight excluding hydrogens is 454 g/mol. The van der Waals surface area contributed by atoms with E-state index >= 15 is 0 Å².